The van der Waals surface area contributed by atoms with Crippen molar-refractivity contribution in [1.82, 2.24) is 5.32 Å². The molecule has 0 aliphatic heterocycles. The zero-order chi connectivity index (χ0) is 15.0. The van der Waals surface area contributed by atoms with E-state index in [-0.39, 0.29) is 30.6 Å². The van der Waals surface area contributed by atoms with E-state index in [4.69, 9.17) is 23.1 Å². The van der Waals surface area contributed by atoms with Crippen LogP contribution in [-0.4, -0.2) is 36.1 Å². The van der Waals surface area contributed by atoms with Gasteiger partial charge in [0.2, 0.25) is 5.91 Å². The highest BCUT2D eigenvalue weighted by Gasteiger charge is 2.18. The van der Waals surface area contributed by atoms with Crippen molar-refractivity contribution in [3.8, 4) is 0 Å². The Morgan fingerprint density at radius 1 is 1.25 bits per heavy atom. The van der Waals surface area contributed by atoms with Crippen LogP contribution in [0.4, 0.5) is 0 Å². The fraction of sp³-hybridized carbons (Fsp3) is 0.308. The van der Waals surface area contributed by atoms with Gasteiger partial charge in [0, 0.05) is 12.1 Å². The van der Waals surface area contributed by atoms with Gasteiger partial charge >= 0.3 is 0 Å². The molecule has 2 amide bonds. The second-order valence-corrected chi connectivity index (χ2v) is 4.36. The van der Waals surface area contributed by atoms with Crippen molar-refractivity contribution in [3.63, 3.8) is 0 Å². The van der Waals surface area contributed by atoms with Gasteiger partial charge in [0.05, 0.1) is 5.88 Å². The van der Waals surface area contributed by atoms with Crippen molar-refractivity contribution in [3.05, 3.63) is 35.9 Å². The lowest BCUT2D eigenvalue weighted by molar-refractivity contribution is -0.119. The largest absolute Gasteiger partial charge is 0.386 e. The molecule has 7 heteroatoms. The van der Waals surface area contributed by atoms with Crippen LogP contribution in [0, 0.1) is 0 Å². The van der Waals surface area contributed by atoms with Gasteiger partial charge in [-0.25, -0.2) is 0 Å². The van der Waals surface area contributed by atoms with Gasteiger partial charge in [0.1, 0.15) is 11.9 Å². The number of nitrogens with two attached hydrogens (primary N) is 2. The summed E-state index contributed by atoms with van der Waals surface area (Å²) in [4.78, 5) is 27.2. The van der Waals surface area contributed by atoms with Gasteiger partial charge in [-0.15, -0.1) is 11.6 Å². The molecule has 1 aromatic rings. The zero-order valence-corrected chi connectivity index (χ0v) is 11.6. The molecule has 20 heavy (non-hydrogen) atoms. The predicted molar refractivity (Wildman–Crippen MR) is 78.7 cm³/mol. The minimum atomic E-state index is -0.797. The van der Waals surface area contributed by atoms with E-state index >= 15 is 0 Å². The lowest BCUT2D eigenvalue weighted by atomic mass is 10.1. The lowest BCUT2D eigenvalue weighted by Gasteiger charge is -2.14. The van der Waals surface area contributed by atoms with Crippen molar-refractivity contribution in [2.75, 3.05) is 12.4 Å². The number of halogens is 1. The zero-order valence-electron chi connectivity index (χ0n) is 10.9. The van der Waals surface area contributed by atoms with E-state index in [1.165, 1.54) is 0 Å². The predicted octanol–water partition coefficient (Wildman–Crippen LogP) is 0.256. The summed E-state index contributed by atoms with van der Waals surface area (Å²) < 4.78 is 0. The molecule has 0 fully saturated rings. The minimum absolute atomic E-state index is 0.123. The average molecular weight is 297 g/mol. The number of amidine groups is 1. The van der Waals surface area contributed by atoms with Gasteiger partial charge in [0.15, 0.2) is 0 Å². The molecule has 6 nitrogen and oxygen atoms in total. The lowest BCUT2D eigenvalue weighted by Crippen LogP contribution is -2.44. The maximum atomic E-state index is 11.9. The summed E-state index contributed by atoms with van der Waals surface area (Å²) in [5.41, 5.74) is 11.2. The number of nitrogens with one attached hydrogen (secondary N) is 1. The second-order valence-electron chi connectivity index (χ2n) is 4.09. The molecule has 0 bridgehead atoms. The first-order chi connectivity index (χ1) is 9.54. The van der Waals surface area contributed by atoms with Crippen LogP contribution in [0.2, 0.25) is 0 Å². The Hall–Kier alpha value is -2.08. The van der Waals surface area contributed by atoms with Crippen LogP contribution in [0.3, 0.4) is 0 Å². The Kier molecular flexibility index (Phi) is 6.52. The standard InChI is InChI=1S/C13H17ClN4O2/c14-8-11(15)17-7-6-10(12(16)19)18-13(20)9-4-2-1-3-5-9/h1-5,10H,6-8H2,(H2,15,17)(H2,16,19)(H,18,20)/t10-/m1/s1. The third-order valence-electron chi connectivity index (χ3n) is 2.55. The van der Waals surface area contributed by atoms with E-state index in [0.29, 0.717) is 5.56 Å². The number of hydrogen-bond donors (Lipinski definition) is 3. The first-order valence-corrected chi connectivity index (χ1v) is 6.58. The minimum Gasteiger partial charge on any atom is -0.386 e. The average Bonchev–Trinajstić information content (AvgIpc) is 2.46. The molecule has 5 N–H and O–H groups in total. The number of benzene rings is 1. The Morgan fingerprint density at radius 3 is 2.45 bits per heavy atom. The van der Waals surface area contributed by atoms with Crippen molar-refractivity contribution in [1.29, 1.82) is 0 Å². The first kappa shape index (κ1) is 16.0. The molecule has 0 aliphatic rings. The van der Waals surface area contributed by atoms with Gasteiger partial charge in [-0.3, -0.25) is 14.6 Å². The summed E-state index contributed by atoms with van der Waals surface area (Å²) in [5.74, 6) is -0.570. The number of rotatable bonds is 7. The van der Waals surface area contributed by atoms with E-state index in [9.17, 15) is 9.59 Å². The smallest absolute Gasteiger partial charge is 0.251 e. The molecule has 0 aromatic heterocycles. The quantitative estimate of drug-likeness (QED) is 0.381. The van der Waals surface area contributed by atoms with Gasteiger partial charge in [-0.2, -0.15) is 0 Å². The topological polar surface area (TPSA) is 111 Å². The summed E-state index contributed by atoms with van der Waals surface area (Å²) in [6.07, 6.45) is 0.269. The fourth-order valence-electron chi connectivity index (χ4n) is 1.50. The molecule has 1 atom stereocenters. The van der Waals surface area contributed by atoms with Gasteiger partial charge in [-0.05, 0) is 18.6 Å². The number of primary amides is 1. The molecule has 1 aromatic carbocycles. The molecule has 108 valence electrons. The van der Waals surface area contributed by atoms with E-state index < -0.39 is 11.9 Å². The number of carbonyl (C=O) groups is 2. The number of hydrogen-bond acceptors (Lipinski definition) is 3. The number of amides is 2. The highest BCUT2D eigenvalue weighted by atomic mass is 35.5. The molecular weight excluding hydrogens is 280 g/mol. The van der Waals surface area contributed by atoms with Crippen molar-refractivity contribution >= 4 is 29.3 Å². The van der Waals surface area contributed by atoms with E-state index in [1.807, 2.05) is 0 Å². The summed E-state index contributed by atoms with van der Waals surface area (Å²) in [6, 6.07) is 7.77. The molecule has 0 saturated carbocycles. The Bertz CT molecular complexity index is 490. The van der Waals surface area contributed by atoms with Crippen LogP contribution >= 0.6 is 11.6 Å². The highest BCUT2D eigenvalue weighted by Crippen LogP contribution is 2.01. The molecule has 0 saturated heterocycles. The van der Waals surface area contributed by atoms with Crippen LogP contribution in [0.25, 0.3) is 0 Å². The third kappa shape index (κ3) is 5.27. The number of alkyl halides is 1. The number of carbonyl (C=O) groups excluding carboxylic acids is 2. The summed E-state index contributed by atoms with van der Waals surface area (Å²) >= 11 is 5.48. The number of aliphatic imine (C=N–C) groups is 1. The van der Waals surface area contributed by atoms with Crippen molar-refractivity contribution in [2.45, 2.75) is 12.5 Å². The van der Waals surface area contributed by atoms with E-state index in [0.717, 1.165) is 0 Å². The van der Waals surface area contributed by atoms with Crippen molar-refractivity contribution in [2.24, 2.45) is 16.5 Å². The van der Waals surface area contributed by atoms with E-state index in [1.54, 1.807) is 30.3 Å². The Morgan fingerprint density at radius 2 is 1.90 bits per heavy atom. The molecular formula is C13H17ClN4O2. The fourth-order valence-corrected chi connectivity index (χ4v) is 1.58. The van der Waals surface area contributed by atoms with Crippen LogP contribution in [0.1, 0.15) is 16.8 Å². The van der Waals surface area contributed by atoms with Gasteiger partial charge in [0.25, 0.3) is 5.91 Å². The normalized spacial score (nSPS) is 12.8. The monoisotopic (exact) mass is 296 g/mol. The Labute approximate surface area is 122 Å². The van der Waals surface area contributed by atoms with E-state index in [2.05, 4.69) is 10.3 Å². The SMILES string of the molecule is NC(=O)[C@@H](CCN=C(N)CCl)NC(=O)c1ccccc1. The van der Waals surface area contributed by atoms with Gasteiger partial charge in [-0.1, -0.05) is 18.2 Å². The molecule has 0 spiro atoms. The maximum Gasteiger partial charge on any atom is 0.251 e. The van der Waals surface area contributed by atoms with Crippen LogP contribution in [0.5, 0.6) is 0 Å². The molecule has 0 heterocycles. The second kappa shape index (κ2) is 8.16. The Balaban J connectivity index is 2.59. The molecule has 0 unspecified atom stereocenters. The maximum absolute atomic E-state index is 11.9. The van der Waals surface area contributed by atoms with Crippen LogP contribution in [0.15, 0.2) is 35.3 Å². The number of nitrogens with zero attached hydrogens (tertiary/aromatic N) is 1. The van der Waals surface area contributed by atoms with Crippen LogP contribution < -0.4 is 16.8 Å². The van der Waals surface area contributed by atoms with Crippen molar-refractivity contribution < 1.29 is 9.59 Å². The summed E-state index contributed by atoms with van der Waals surface area (Å²) in [7, 11) is 0. The molecule has 0 radical (unpaired) electrons. The van der Waals surface area contributed by atoms with Gasteiger partial charge < -0.3 is 16.8 Å². The van der Waals surface area contributed by atoms with Crippen LogP contribution in [-0.2, 0) is 4.79 Å². The molecule has 0 aliphatic carbocycles. The summed E-state index contributed by atoms with van der Waals surface area (Å²) in [5, 5.41) is 2.57. The molecule has 1 rings (SSSR count). The first-order valence-electron chi connectivity index (χ1n) is 6.04. The summed E-state index contributed by atoms with van der Waals surface area (Å²) in [6.45, 7) is 0.265. The highest BCUT2D eigenvalue weighted by molar-refractivity contribution is 6.27. The third-order valence-corrected chi connectivity index (χ3v) is 2.83.